The van der Waals surface area contributed by atoms with Crippen LogP contribution in [0.4, 0.5) is 5.82 Å². The molecule has 0 amide bonds. The Hall–Kier alpha value is -1.98. The molecule has 20 heavy (non-hydrogen) atoms. The number of benzene rings is 1. The van der Waals surface area contributed by atoms with Crippen molar-refractivity contribution in [1.29, 1.82) is 0 Å². The summed E-state index contributed by atoms with van der Waals surface area (Å²) in [5, 5.41) is 12.8. The monoisotopic (exact) mass is 291 g/mol. The van der Waals surface area contributed by atoms with Gasteiger partial charge < -0.3 is 10.4 Å². The quantitative estimate of drug-likeness (QED) is 0.653. The van der Waals surface area contributed by atoms with Gasteiger partial charge in [0.1, 0.15) is 17.3 Å². The van der Waals surface area contributed by atoms with E-state index in [1.807, 2.05) is 37.3 Å². The summed E-state index contributed by atoms with van der Waals surface area (Å²) in [6.07, 6.45) is 1.86. The number of halogens is 1. The van der Waals surface area contributed by atoms with Crippen LogP contribution in [0.1, 0.15) is 22.8 Å². The minimum atomic E-state index is -0.781. The van der Waals surface area contributed by atoms with Gasteiger partial charge in [0.05, 0.1) is 17.7 Å². The summed E-state index contributed by atoms with van der Waals surface area (Å²) in [6, 6.07) is 9.40. The number of hydrogen-bond acceptors (Lipinski definition) is 5. The molecule has 0 spiro atoms. The predicted octanol–water partition coefficient (Wildman–Crippen LogP) is 2.26. The summed E-state index contributed by atoms with van der Waals surface area (Å²) >= 11 is 5.86. The molecule has 0 saturated carbocycles. The lowest BCUT2D eigenvalue weighted by molar-refractivity contribution is 0.112. The molecule has 1 unspecified atom stereocenters. The van der Waals surface area contributed by atoms with Gasteiger partial charge in [0, 0.05) is 0 Å². The Morgan fingerprint density at radius 2 is 2.05 bits per heavy atom. The van der Waals surface area contributed by atoms with E-state index in [2.05, 4.69) is 15.3 Å². The molecule has 0 aliphatic heterocycles. The lowest BCUT2D eigenvalue weighted by Crippen LogP contribution is -2.36. The number of rotatable bonds is 5. The molecule has 0 bridgehead atoms. The zero-order valence-corrected chi connectivity index (χ0v) is 11.6. The Balaban J connectivity index is 2.41. The van der Waals surface area contributed by atoms with Gasteiger partial charge in [0.15, 0.2) is 6.29 Å². The molecule has 0 saturated heterocycles. The third kappa shape index (κ3) is 2.79. The van der Waals surface area contributed by atoms with Gasteiger partial charge in [-0.1, -0.05) is 41.9 Å². The molecule has 1 atom stereocenters. The molecule has 0 radical (unpaired) electrons. The van der Waals surface area contributed by atoms with Gasteiger partial charge in [-0.3, -0.25) is 4.79 Å². The van der Waals surface area contributed by atoms with Crippen molar-refractivity contribution in [3.05, 3.63) is 52.9 Å². The van der Waals surface area contributed by atoms with Crippen LogP contribution < -0.4 is 5.32 Å². The summed E-state index contributed by atoms with van der Waals surface area (Å²) in [4.78, 5) is 18.9. The number of carbonyl (C=O) groups is 1. The lowest BCUT2D eigenvalue weighted by Gasteiger charge is -2.30. The standard InChI is InChI=1S/C14H14ClN3O2/c1-14(8-20,10-5-3-2-4-6-10)18-13-11(7-19)12(15)16-9-17-13/h2-7,9,20H,8H2,1H3,(H,16,17,18). The average molecular weight is 292 g/mol. The molecule has 2 aromatic rings. The van der Waals surface area contributed by atoms with Gasteiger partial charge in [-0.25, -0.2) is 9.97 Å². The average Bonchev–Trinajstić information content (AvgIpc) is 2.48. The van der Waals surface area contributed by atoms with Crippen molar-refractivity contribution in [3.63, 3.8) is 0 Å². The van der Waals surface area contributed by atoms with Crippen molar-refractivity contribution in [2.24, 2.45) is 0 Å². The van der Waals surface area contributed by atoms with Crippen molar-refractivity contribution in [3.8, 4) is 0 Å². The van der Waals surface area contributed by atoms with Crippen LogP contribution in [0.15, 0.2) is 36.7 Å². The number of carbonyl (C=O) groups excluding carboxylic acids is 1. The van der Waals surface area contributed by atoms with Gasteiger partial charge in [-0.2, -0.15) is 0 Å². The third-order valence-corrected chi connectivity index (χ3v) is 3.38. The predicted molar refractivity (Wildman–Crippen MR) is 76.9 cm³/mol. The Morgan fingerprint density at radius 3 is 2.65 bits per heavy atom. The van der Waals surface area contributed by atoms with Gasteiger partial charge in [-0.05, 0) is 12.5 Å². The van der Waals surface area contributed by atoms with E-state index in [1.165, 1.54) is 6.33 Å². The molecule has 1 heterocycles. The van der Waals surface area contributed by atoms with E-state index >= 15 is 0 Å². The number of aliphatic hydroxyl groups excluding tert-OH is 1. The number of nitrogens with one attached hydrogen (secondary N) is 1. The summed E-state index contributed by atoms with van der Waals surface area (Å²) in [7, 11) is 0. The van der Waals surface area contributed by atoms with Crippen molar-refractivity contribution in [1.82, 2.24) is 9.97 Å². The van der Waals surface area contributed by atoms with Crippen LogP contribution in [-0.4, -0.2) is 28.0 Å². The van der Waals surface area contributed by atoms with Gasteiger partial charge >= 0.3 is 0 Å². The van der Waals surface area contributed by atoms with E-state index in [4.69, 9.17) is 11.6 Å². The van der Waals surface area contributed by atoms with E-state index in [9.17, 15) is 9.90 Å². The van der Waals surface area contributed by atoms with Gasteiger partial charge in [0.2, 0.25) is 0 Å². The summed E-state index contributed by atoms with van der Waals surface area (Å²) in [5.74, 6) is 0.292. The van der Waals surface area contributed by atoms with Gasteiger partial charge in [0.25, 0.3) is 0 Å². The summed E-state index contributed by atoms with van der Waals surface area (Å²) in [5.41, 5.74) is 0.260. The SMILES string of the molecule is CC(CO)(Nc1ncnc(Cl)c1C=O)c1ccccc1. The molecule has 1 aromatic heterocycles. The Bertz CT molecular complexity index is 607. The summed E-state index contributed by atoms with van der Waals surface area (Å²) < 4.78 is 0. The van der Waals surface area contributed by atoms with Crippen LogP contribution in [0.5, 0.6) is 0 Å². The van der Waals surface area contributed by atoms with Crippen molar-refractivity contribution in [2.75, 3.05) is 11.9 Å². The molecule has 6 heteroatoms. The highest BCUT2D eigenvalue weighted by Gasteiger charge is 2.27. The molecule has 2 rings (SSSR count). The number of hydrogen-bond donors (Lipinski definition) is 2. The molecule has 104 valence electrons. The summed E-state index contributed by atoms with van der Waals surface area (Å²) in [6.45, 7) is 1.64. The van der Waals surface area contributed by atoms with Crippen molar-refractivity contribution < 1.29 is 9.90 Å². The Labute approximate surface area is 121 Å². The van der Waals surface area contributed by atoms with Crippen LogP contribution in [-0.2, 0) is 5.54 Å². The largest absolute Gasteiger partial charge is 0.394 e. The van der Waals surface area contributed by atoms with E-state index in [-0.39, 0.29) is 17.3 Å². The minimum Gasteiger partial charge on any atom is -0.394 e. The molecular formula is C14H14ClN3O2. The number of aldehydes is 1. The van der Waals surface area contributed by atoms with E-state index < -0.39 is 5.54 Å². The first-order valence-corrected chi connectivity index (χ1v) is 6.39. The number of aromatic nitrogens is 2. The maximum absolute atomic E-state index is 11.1. The molecular weight excluding hydrogens is 278 g/mol. The number of nitrogens with zero attached hydrogens (tertiary/aromatic N) is 2. The molecule has 2 N–H and O–H groups in total. The van der Waals surface area contributed by atoms with Gasteiger partial charge in [-0.15, -0.1) is 0 Å². The lowest BCUT2D eigenvalue weighted by atomic mass is 9.93. The van der Waals surface area contributed by atoms with Crippen LogP contribution >= 0.6 is 11.6 Å². The molecule has 0 aliphatic rings. The first-order chi connectivity index (χ1) is 9.60. The second kappa shape index (κ2) is 5.98. The van der Waals surface area contributed by atoms with Crippen LogP contribution in [0, 0.1) is 0 Å². The van der Waals surface area contributed by atoms with Crippen LogP contribution in [0.2, 0.25) is 5.15 Å². The zero-order chi connectivity index (χ0) is 14.6. The first kappa shape index (κ1) is 14.4. The highest BCUT2D eigenvalue weighted by Crippen LogP contribution is 2.27. The Morgan fingerprint density at radius 1 is 1.35 bits per heavy atom. The fourth-order valence-electron chi connectivity index (χ4n) is 1.85. The molecule has 0 aliphatic carbocycles. The van der Waals surface area contributed by atoms with Crippen LogP contribution in [0.3, 0.4) is 0 Å². The van der Waals surface area contributed by atoms with E-state index in [1.54, 1.807) is 0 Å². The fraction of sp³-hybridized carbons (Fsp3) is 0.214. The smallest absolute Gasteiger partial charge is 0.156 e. The fourth-order valence-corrected chi connectivity index (χ4v) is 2.03. The number of aliphatic hydroxyl groups is 1. The second-order valence-corrected chi connectivity index (χ2v) is 4.88. The normalized spacial score (nSPS) is 13.6. The van der Waals surface area contributed by atoms with E-state index in [0.717, 1.165) is 5.56 Å². The topological polar surface area (TPSA) is 75.1 Å². The molecule has 5 nitrogen and oxygen atoms in total. The maximum Gasteiger partial charge on any atom is 0.156 e. The van der Waals surface area contributed by atoms with E-state index in [0.29, 0.717) is 12.1 Å². The third-order valence-electron chi connectivity index (χ3n) is 3.07. The van der Waals surface area contributed by atoms with Crippen molar-refractivity contribution >= 4 is 23.7 Å². The van der Waals surface area contributed by atoms with Crippen LogP contribution in [0.25, 0.3) is 0 Å². The highest BCUT2D eigenvalue weighted by atomic mass is 35.5. The highest BCUT2D eigenvalue weighted by molar-refractivity contribution is 6.32. The first-order valence-electron chi connectivity index (χ1n) is 6.01. The zero-order valence-electron chi connectivity index (χ0n) is 10.9. The second-order valence-electron chi connectivity index (χ2n) is 4.53. The molecule has 0 fully saturated rings. The number of anilines is 1. The Kier molecular flexibility index (Phi) is 4.32. The molecule has 1 aromatic carbocycles. The minimum absolute atomic E-state index is 0.0749. The maximum atomic E-state index is 11.1. The van der Waals surface area contributed by atoms with Crippen molar-refractivity contribution in [2.45, 2.75) is 12.5 Å².